The fraction of sp³-hybridized carbons (Fsp3) is 0.429. The molecule has 20 heavy (non-hydrogen) atoms. The van der Waals surface area contributed by atoms with Gasteiger partial charge in [-0.15, -0.1) is 0 Å². The summed E-state index contributed by atoms with van der Waals surface area (Å²) in [4.78, 5) is 24.6. The molecular weight excluding hydrogens is 260 g/mol. The summed E-state index contributed by atoms with van der Waals surface area (Å²) in [5, 5.41) is 20.7. The first-order valence-electron chi connectivity index (χ1n) is 6.43. The van der Waals surface area contributed by atoms with Crippen molar-refractivity contribution in [1.29, 1.82) is 0 Å². The molecule has 1 aromatic carbocycles. The summed E-state index contributed by atoms with van der Waals surface area (Å²) in [6, 6.07) is 5.45. The van der Waals surface area contributed by atoms with Gasteiger partial charge in [-0.2, -0.15) is 0 Å². The molecule has 3 N–H and O–H groups in total. The Morgan fingerprint density at radius 2 is 1.95 bits per heavy atom. The van der Waals surface area contributed by atoms with Crippen molar-refractivity contribution >= 4 is 17.7 Å². The van der Waals surface area contributed by atoms with Crippen molar-refractivity contribution in [2.24, 2.45) is 0 Å². The van der Waals surface area contributed by atoms with Crippen LogP contribution in [0, 0.1) is 6.92 Å². The molecule has 0 aliphatic carbocycles. The molecule has 6 heteroatoms. The number of carbonyl (C=O) groups is 2. The van der Waals surface area contributed by atoms with Crippen molar-refractivity contribution < 1.29 is 19.8 Å². The molecule has 0 spiro atoms. The molecule has 2 atom stereocenters. The van der Waals surface area contributed by atoms with E-state index in [1.165, 1.54) is 11.8 Å². The molecule has 110 valence electrons. The SMILES string of the molecule is CCN(C(=O)N[C@H](C(=O)O)[C@@H](C)O)c1ccccc1C. The average Bonchev–Trinajstić information content (AvgIpc) is 2.38. The normalized spacial score (nSPS) is 13.4. The lowest BCUT2D eigenvalue weighted by Gasteiger charge is -2.26. The molecule has 1 rings (SSSR count). The fourth-order valence-electron chi connectivity index (χ4n) is 1.89. The molecule has 0 saturated carbocycles. The van der Waals surface area contributed by atoms with E-state index in [0.717, 1.165) is 5.56 Å². The minimum atomic E-state index is -1.33. The third-order valence-corrected chi connectivity index (χ3v) is 3.00. The first-order chi connectivity index (χ1) is 9.38. The van der Waals surface area contributed by atoms with Crippen LogP contribution < -0.4 is 10.2 Å². The monoisotopic (exact) mass is 280 g/mol. The highest BCUT2D eigenvalue weighted by atomic mass is 16.4. The first-order valence-corrected chi connectivity index (χ1v) is 6.43. The Balaban J connectivity index is 2.93. The van der Waals surface area contributed by atoms with Gasteiger partial charge in [0.1, 0.15) is 0 Å². The number of carboxylic acids is 1. The molecule has 0 aliphatic heterocycles. The Morgan fingerprint density at radius 3 is 2.40 bits per heavy atom. The number of rotatable bonds is 5. The molecule has 0 unspecified atom stereocenters. The van der Waals surface area contributed by atoms with Gasteiger partial charge in [-0.3, -0.25) is 4.90 Å². The summed E-state index contributed by atoms with van der Waals surface area (Å²) >= 11 is 0. The van der Waals surface area contributed by atoms with Crippen LogP contribution in [0.25, 0.3) is 0 Å². The number of anilines is 1. The van der Waals surface area contributed by atoms with Crippen LogP contribution in [0.5, 0.6) is 0 Å². The van der Waals surface area contributed by atoms with E-state index < -0.39 is 24.1 Å². The number of para-hydroxylation sites is 1. The summed E-state index contributed by atoms with van der Waals surface area (Å²) in [5.41, 5.74) is 1.62. The van der Waals surface area contributed by atoms with E-state index in [-0.39, 0.29) is 0 Å². The molecule has 0 bridgehead atoms. The maximum Gasteiger partial charge on any atom is 0.328 e. The first kappa shape index (κ1) is 16.0. The van der Waals surface area contributed by atoms with Crippen molar-refractivity contribution in [3.8, 4) is 0 Å². The van der Waals surface area contributed by atoms with Crippen LogP contribution in [0.15, 0.2) is 24.3 Å². The summed E-state index contributed by atoms with van der Waals surface area (Å²) in [5.74, 6) is -1.27. The number of aliphatic hydroxyl groups is 1. The standard InChI is InChI=1S/C14H20N2O4/c1-4-16(11-8-6-5-7-9(11)2)14(20)15-12(10(3)17)13(18)19/h5-8,10,12,17H,4H2,1-3H3,(H,15,20)(H,18,19)/t10-,12+/m1/s1. The maximum atomic E-state index is 12.2. The highest BCUT2D eigenvalue weighted by Crippen LogP contribution is 2.19. The molecule has 0 radical (unpaired) electrons. The molecule has 0 heterocycles. The second-order valence-electron chi connectivity index (χ2n) is 4.54. The lowest BCUT2D eigenvalue weighted by atomic mass is 10.1. The largest absolute Gasteiger partial charge is 0.480 e. The van der Waals surface area contributed by atoms with Gasteiger partial charge in [0.25, 0.3) is 0 Å². The lowest BCUT2D eigenvalue weighted by molar-refractivity contribution is -0.141. The van der Waals surface area contributed by atoms with Crippen molar-refractivity contribution in [1.82, 2.24) is 5.32 Å². The van der Waals surface area contributed by atoms with Crippen LogP contribution in [-0.2, 0) is 4.79 Å². The van der Waals surface area contributed by atoms with Gasteiger partial charge in [-0.05, 0) is 32.4 Å². The second kappa shape index (κ2) is 6.91. The minimum Gasteiger partial charge on any atom is -0.480 e. The average molecular weight is 280 g/mol. The van der Waals surface area contributed by atoms with Crippen molar-refractivity contribution in [3.05, 3.63) is 29.8 Å². The van der Waals surface area contributed by atoms with Gasteiger partial charge >= 0.3 is 12.0 Å². The summed E-state index contributed by atoms with van der Waals surface area (Å²) in [6.07, 6.45) is -1.17. The number of nitrogens with zero attached hydrogens (tertiary/aromatic N) is 1. The second-order valence-corrected chi connectivity index (χ2v) is 4.54. The maximum absolute atomic E-state index is 12.2. The van der Waals surface area contributed by atoms with Crippen LogP contribution >= 0.6 is 0 Å². The number of amides is 2. The van der Waals surface area contributed by atoms with Crippen molar-refractivity contribution in [3.63, 3.8) is 0 Å². The highest BCUT2D eigenvalue weighted by molar-refractivity contribution is 5.95. The van der Waals surface area contributed by atoms with Gasteiger partial charge in [0.15, 0.2) is 6.04 Å². The smallest absolute Gasteiger partial charge is 0.328 e. The summed E-state index contributed by atoms with van der Waals surface area (Å²) in [7, 11) is 0. The van der Waals surface area contributed by atoms with E-state index in [1.54, 1.807) is 13.0 Å². The topological polar surface area (TPSA) is 89.9 Å². The number of benzene rings is 1. The van der Waals surface area contributed by atoms with Crippen molar-refractivity contribution in [2.75, 3.05) is 11.4 Å². The van der Waals surface area contributed by atoms with Crippen molar-refractivity contribution in [2.45, 2.75) is 32.9 Å². The predicted molar refractivity (Wildman–Crippen MR) is 75.8 cm³/mol. The number of hydrogen-bond acceptors (Lipinski definition) is 3. The van der Waals surface area contributed by atoms with E-state index >= 15 is 0 Å². The Bertz CT molecular complexity index is 488. The number of nitrogens with one attached hydrogen (secondary N) is 1. The van der Waals surface area contributed by atoms with Gasteiger partial charge in [0.2, 0.25) is 0 Å². The van der Waals surface area contributed by atoms with Gasteiger partial charge in [-0.25, -0.2) is 9.59 Å². The zero-order valence-corrected chi connectivity index (χ0v) is 11.8. The lowest BCUT2D eigenvalue weighted by Crippen LogP contribution is -2.52. The molecule has 0 aromatic heterocycles. The number of aryl methyl sites for hydroxylation is 1. The Hall–Kier alpha value is -2.08. The number of carboxylic acid groups (broad SMARTS) is 1. The van der Waals surface area contributed by atoms with E-state index in [2.05, 4.69) is 5.32 Å². The predicted octanol–water partition coefficient (Wildman–Crippen LogP) is 1.36. The zero-order valence-electron chi connectivity index (χ0n) is 11.8. The fourth-order valence-corrected chi connectivity index (χ4v) is 1.89. The summed E-state index contributed by atoms with van der Waals surface area (Å²) in [6.45, 7) is 5.38. The quantitative estimate of drug-likeness (QED) is 0.759. The van der Waals surface area contributed by atoms with E-state index in [1.807, 2.05) is 25.1 Å². The Kier molecular flexibility index (Phi) is 5.52. The zero-order chi connectivity index (χ0) is 15.3. The molecular formula is C14H20N2O4. The van der Waals surface area contributed by atoms with Crippen LogP contribution in [0.1, 0.15) is 19.4 Å². The molecule has 0 fully saturated rings. The molecule has 2 amide bonds. The number of aliphatic carboxylic acids is 1. The third kappa shape index (κ3) is 3.71. The van der Waals surface area contributed by atoms with Gasteiger partial charge in [0.05, 0.1) is 6.10 Å². The minimum absolute atomic E-state index is 0.392. The third-order valence-electron chi connectivity index (χ3n) is 3.00. The van der Waals surface area contributed by atoms with Crippen LogP contribution in [0.3, 0.4) is 0 Å². The van der Waals surface area contributed by atoms with Crippen LogP contribution in [-0.4, -0.2) is 40.9 Å². The van der Waals surface area contributed by atoms with Gasteiger partial charge < -0.3 is 15.5 Å². The Morgan fingerprint density at radius 1 is 1.35 bits per heavy atom. The number of aliphatic hydroxyl groups excluding tert-OH is 1. The Labute approximate surface area is 118 Å². The number of hydrogen-bond donors (Lipinski definition) is 3. The number of urea groups is 1. The summed E-state index contributed by atoms with van der Waals surface area (Å²) < 4.78 is 0. The number of carbonyl (C=O) groups excluding carboxylic acids is 1. The molecule has 1 aromatic rings. The highest BCUT2D eigenvalue weighted by Gasteiger charge is 2.27. The van der Waals surface area contributed by atoms with Crippen LogP contribution in [0.4, 0.5) is 10.5 Å². The van der Waals surface area contributed by atoms with E-state index in [0.29, 0.717) is 12.2 Å². The van der Waals surface area contributed by atoms with E-state index in [9.17, 15) is 14.7 Å². The molecule has 0 aliphatic rings. The van der Waals surface area contributed by atoms with Crippen LogP contribution in [0.2, 0.25) is 0 Å². The van der Waals surface area contributed by atoms with E-state index in [4.69, 9.17) is 5.11 Å². The van der Waals surface area contributed by atoms with Gasteiger partial charge in [0, 0.05) is 12.2 Å². The molecule has 6 nitrogen and oxygen atoms in total. The molecule has 0 saturated heterocycles. The van der Waals surface area contributed by atoms with Gasteiger partial charge in [-0.1, -0.05) is 18.2 Å².